The molecule has 0 aromatic heterocycles. The Balaban J connectivity index is 1.49. The molecule has 0 amide bonds. The van der Waals surface area contributed by atoms with Crippen LogP contribution in [0.4, 0.5) is 0 Å². The van der Waals surface area contributed by atoms with Crippen molar-refractivity contribution in [2.75, 3.05) is 12.0 Å². The SMILES string of the molecule is CSCCCc1cccc2c1O[C@H]1C[C@@H](O)[C@H](/C=C/[C@@H](O)C(C)(C)Oc3ccccc3)[C@@H]21. The number of aryl methyl sites for hydroxylation is 1. The van der Waals surface area contributed by atoms with Crippen molar-refractivity contribution in [1.29, 1.82) is 0 Å². The van der Waals surface area contributed by atoms with Crippen molar-refractivity contribution in [3.8, 4) is 11.5 Å². The van der Waals surface area contributed by atoms with Gasteiger partial charge in [-0.15, -0.1) is 0 Å². The van der Waals surface area contributed by atoms with Crippen molar-refractivity contribution in [3.63, 3.8) is 0 Å². The lowest BCUT2D eigenvalue weighted by atomic mass is 9.86. The number of aliphatic hydroxyl groups is 2. The second-order valence-electron chi connectivity index (χ2n) is 9.34. The van der Waals surface area contributed by atoms with E-state index >= 15 is 0 Å². The fourth-order valence-electron chi connectivity index (χ4n) is 4.89. The van der Waals surface area contributed by atoms with E-state index in [0.29, 0.717) is 6.42 Å². The van der Waals surface area contributed by atoms with E-state index in [1.807, 2.05) is 62.0 Å². The molecule has 0 bridgehead atoms. The summed E-state index contributed by atoms with van der Waals surface area (Å²) in [4.78, 5) is 0. The van der Waals surface area contributed by atoms with E-state index in [9.17, 15) is 10.2 Å². The van der Waals surface area contributed by atoms with E-state index in [1.165, 1.54) is 11.1 Å². The van der Waals surface area contributed by atoms with Gasteiger partial charge >= 0.3 is 0 Å². The quantitative estimate of drug-likeness (QED) is 0.413. The first-order chi connectivity index (χ1) is 15.4. The number of hydrogen-bond acceptors (Lipinski definition) is 5. The smallest absolute Gasteiger partial charge is 0.133 e. The highest BCUT2D eigenvalue weighted by atomic mass is 32.2. The zero-order valence-electron chi connectivity index (χ0n) is 19.1. The summed E-state index contributed by atoms with van der Waals surface area (Å²) in [5.41, 5.74) is 1.66. The number of aliphatic hydroxyl groups excluding tert-OH is 2. The molecule has 1 aliphatic carbocycles. The van der Waals surface area contributed by atoms with E-state index in [0.717, 1.165) is 30.1 Å². The fraction of sp³-hybridized carbons (Fsp3) is 0.481. The van der Waals surface area contributed by atoms with Crippen molar-refractivity contribution < 1.29 is 19.7 Å². The van der Waals surface area contributed by atoms with Crippen LogP contribution in [0.25, 0.3) is 0 Å². The standard InChI is InChI=1S/C27H34O4S/c1-27(2,31-19-11-5-4-6-12-19)24(29)15-14-20-22(28)17-23-25(20)21-13-7-9-18(26(21)30-23)10-8-16-32-3/h4-7,9,11-15,20,22-25,28-29H,8,10,16-17H2,1-3H3/b15-14+/t20-,22+,23-,24+,25-/m0/s1. The fourth-order valence-corrected chi connectivity index (χ4v) is 5.32. The molecule has 5 atom stereocenters. The number of para-hydroxylation sites is 2. The van der Waals surface area contributed by atoms with Gasteiger partial charge in [0, 0.05) is 23.8 Å². The molecule has 0 saturated heterocycles. The highest BCUT2D eigenvalue weighted by Crippen LogP contribution is 2.52. The van der Waals surface area contributed by atoms with Gasteiger partial charge in [-0.05, 0) is 56.4 Å². The topological polar surface area (TPSA) is 58.9 Å². The number of thioether (sulfide) groups is 1. The number of ether oxygens (including phenoxy) is 2. The summed E-state index contributed by atoms with van der Waals surface area (Å²) >= 11 is 1.87. The maximum absolute atomic E-state index is 10.9. The minimum Gasteiger partial charge on any atom is -0.489 e. The van der Waals surface area contributed by atoms with Crippen molar-refractivity contribution in [3.05, 3.63) is 71.8 Å². The van der Waals surface area contributed by atoms with Gasteiger partial charge in [-0.25, -0.2) is 0 Å². The molecule has 32 heavy (non-hydrogen) atoms. The average molecular weight is 455 g/mol. The van der Waals surface area contributed by atoms with Crippen LogP contribution in [-0.4, -0.2) is 46.1 Å². The van der Waals surface area contributed by atoms with Gasteiger partial charge in [0.1, 0.15) is 29.3 Å². The molecule has 172 valence electrons. The molecule has 1 saturated carbocycles. The maximum Gasteiger partial charge on any atom is 0.133 e. The van der Waals surface area contributed by atoms with Crippen LogP contribution in [0.2, 0.25) is 0 Å². The number of benzene rings is 2. The van der Waals surface area contributed by atoms with Gasteiger partial charge in [0.2, 0.25) is 0 Å². The van der Waals surface area contributed by atoms with Gasteiger partial charge < -0.3 is 19.7 Å². The Morgan fingerprint density at radius 2 is 1.97 bits per heavy atom. The third-order valence-electron chi connectivity index (χ3n) is 6.64. The highest BCUT2D eigenvalue weighted by Gasteiger charge is 2.49. The number of rotatable bonds is 9. The van der Waals surface area contributed by atoms with Gasteiger partial charge in [-0.2, -0.15) is 11.8 Å². The molecule has 4 rings (SSSR count). The number of fused-ring (bicyclic) bond motifs is 3. The van der Waals surface area contributed by atoms with Crippen LogP contribution in [-0.2, 0) is 6.42 Å². The van der Waals surface area contributed by atoms with E-state index in [2.05, 4.69) is 24.5 Å². The predicted octanol–water partition coefficient (Wildman–Crippen LogP) is 4.98. The normalized spacial score (nSPS) is 25.4. The maximum atomic E-state index is 10.9. The average Bonchev–Trinajstić information content (AvgIpc) is 3.28. The van der Waals surface area contributed by atoms with Gasteiger partial charge in [0.25, 0.3) is 0 Å². The Morgan fingerprint density at radius 3 is 2.72 bits per heavy atom. The monoisotopic (exact) mass is 454 g/mol. The van der Waals surface area contributed by atoms with Crippen LogP contribution in [0.1, 0.15) is 43.7 Å². The van der Waals surface area contributed by atoms with Crippen LogP contribution in [0.5, 0.6) is 11.5 Å². The Bertz CT molecular complexity index is 927. The van der Waals surface area contributed by atoms with E-state index in [-0.39, 0.29) is 17.9 Å². The molecule has 0 spiro atoms. The molecule has 2 aromatic rings. The molecular weight excluding hydrogens is 420 g/mol. The summed E-state index contributed by atoms with van der Waals surface area (Å²) in [5.74, 6) is 2.89. The first kappa shape index (κ1) is 23.2. The van der Waals surface area contributed by atoms with Crippen molar-refractivity contribution >= 4 is 11.8 Å². The summed E-state index contributed by atoms with van der Waals surface area (Å²) in [5, 5.41) is 21.6. The van der Waals surface area contributed by atoms with E-state index in [4.69, 9.17) is 9.47 Å². The van der Waals surface area contributed by atoms with Gasteiger partial charge in [0.15, 0.2) is 0 Å². The molecule has 0 radical (unpaired) electrons. The largest absolute Gasteiger partial charge is 0.489 e. The zero-order chi connectivity index (χ0) is 22.7. The predicted molar refractivity (Wildman–Crippen MR) is 131 cm³/mol. The second-order valence-corrected chi connectivity index (χ2v) is 10.3. The summed E-state index contributed by atoms with van der Waals surface area (Å²) in [6, 6.07) is 15.9. The van der Waals surface area contributed by atoms with Crippen molar-refractivity contribution in [2.24, 2.45) is 5.92 Å². The van der Waals surface area contributed by atoms with Crippen molar-refractivity contribution in [2.45, 2.75) is 62.9 Å². The summed E-state index contributed by atoms with van der Waals surface area (Å²) in [6.07, 6.45) is 7.32. The second kappa shape index (κ2) is 9.90. The van der Waals surface area contributed by atoms with Crippen molar-refractivity contribution in [1.82, 2.24) is 0 Å². The Morgan fingerprint density at radius 1 is 1.19 bits per heavy atom. The minimum absolute atomic E-state index is 0.0120. The zero-order valence-corrected chi connectivity index (χ0v) is 19.9. The van der Waals surface area contributed by atoms with Crippen LogP contribution in [0.3, 0.4) is 0 Å². The van der Waals surface area contributed by atoms with Crippen LogP contribution >= 0.6 is 11.8 Å². The molecular formula is C27H34O4S. The van der Waals surface area contributed by atoms with E-state index < -0.39 is 17.8 Å². The Hall–Kier alpha value is -1.95. The summed E-state index contributed by atoms with van der Waals surface area (Å²) in [6.45, 7) is 3.75. The van der Waals surface area contributed by atoms with Crippen LogP contribution in [0.15, 0.2) is 60.7 Å². The summed E-state index contributed by atoms with van der Waals surface area (Å²) in [7, 11) is 0. The molecule has 0 unspecified atom stereocenters. The van der Waals surface area contributed by atoms with Gasteiger partial charge in [-0.1, -0.05) is 48.6 Å². The lowest BCUT2D eigenvalue weighted by Gasteiger charge is -2.30. The lowest BCUT2D eigenvalue weighted by molar-refractivity contribution is -0.00221. The van der Waals surface area contributed by atoms with Gasteiger partial charge in [-0.3, -0.25) is 0 Å². The van der Waals surface area contributed by atoms with Gasteiger partial charge in [0.05, 0.1) is 6.10 Å². The van der Waals surface area contributed by atoms with E-state index in [1.54, 1.807) is 6.08 Å². The Kier molecular flexibility index (Phi) is 7.18. The molecule has 5 heteroatoms. The minimum atomic E-state index is -0.811. The first-order valence-electron chi connectivity index (χ1n) is 11.5. The third-order valence-corrected chi connectivity index (χ3v) is 7.33. The highest BCUT2D eigenvalue weighted by molar-refractivity contribution is 7.98. The van der Waals surface area contributed by atoms with Crippen LogP contribution in [0, 0.1) is 5.92 Å². The van der Waals surface area contributed by atoms with Crippen LogP contribution < -0.4 is 9.47 Å². The molecule has 1 aliphatic heterocycles. The molecule has 2 aromatic carbocycles. The summed E-state index contributed by atoms with van der Waals surface area (Å²) < 4.78 is 12.4. The molecule has 2 aliphatic rings. The Labute approximate surface area is 195 Å². The molecule has 2 N–H and O–H groups in total. The number of hydrogen-bond donors (Lipinski definition) is 2. The first-order valence-corrected chi connectivity index (χ1v) is 12.9. The molecule has 4 nitrogen and oxygen atoms in total. The molecule has 1 heterocycles. The lowest BCUT2D eigenvalue weighted by Crippen LogP contribution is -2.41. The third kappa shape index (κ3) is 4.85. The molecule has 1 fully saturated rings.